The van der Waals surface area contributed by atoms with Gasteiger partial charge in [0.25, 0.3) is 0 Å². The molecular formula is C18H13N5OS. The van der Waals surface area contributed by atoms with Crippen LogP contribution in [-0.4, -0.2) is 19.7 Å². The third kappa shape index (κ3) is 2.95. The van der Waals surface area contributed by atoms with Gasteiger partial charge in [0, 0.05) is 5.56 Å². The molecule has 7 heteroatoms. The Labute approximate surface area is 148 Å². The minimum Gasteiger partial charge on any atom is -0.443 e. The van der Waals surface area contributed by atoms with Crippen LogP contribution in [0, 0.1) is 18.3 Å². The zero-order chi connectivity index (χ0) is 17.2. The van der Waals surface area contributed by atoms with Crippen molar-refractivity contribution in [2.24, 2.45) is 0 Å². The molecule has 0 amide bonds. The van der Waals surface area contributed by atoms with Crippen molar-refractivity contribution in [2.45, 2.75) is 13.5 Å². The van der Waals surface area contributed by atoms with Crippen molar-refractivity contribution in [2.75, 3.05) is 0 Å². The van der Waals surface area contributed by atoms with E-state index in [0.29, 0.717) is 23.8 Å². The van der Waals surface area contributed by atoms with E-state index in [-0.39, 0.29) is 0 Å². The maximum absolute atomic E-state index is 9.10. The third-order valence-corrected chi connectivity index (χ3v) is 4.65. The number of thiophene rings is 1. The second kappa shape index (κ2) is 6.34. The van der Waals surface area contributed by atoms with E-state index in [4.69, 9.17) is 9.68 Å². The summed E-state index contributed by atoms with van der Waals surface area (Å²) in [6.45, 7) is 2.39. The van der Waals surface area contributed by atoms with Gasteiger partial charge in [0.1, 0.15) is 12.1 Å². The fraction of sp³-hybridized carbons (Fsp3) is 0.111. The van der Waals surface area contributed by atoms with E-state index in [1.807, 2.05) is 41.1 Å². The van der Waals surface area contributed by atoms with Crippen molar-refractivity contribution in [3.8, 4) is 28.2 Å². The Kier molecular flexibility index (Phi) is 3.88. The number of hydrogen-bond donors (Lipinski definition) is 0. The first-order valence-corrected chi connectivity index (χ1v) is 8.51. The summed E-state index contributed by atoms with van der Waals surface area (Å²) in [4.78, 5) is 5.55. The van der Waals surface area contributed by atoms with Crippen LogP contribution >= 0.6 is 11.3 Å². The zero-order valence-corrected chi connectivity index (χ0v) is 14.2. The molecule has 25 heavy (non-hydrogen) atoms. The van der Waals surface area contributed by atoms with Gasteiger partial charge in [-0.05, 0) is 30.5 Å². The summed E-state index contributed by atoms with van der Waals surface area (Å²) in [5.74, 6) is 2.09. The molecule has 0 radical (unpaired) electrons. The molecule has 0 aliphatic rings. The van der Waals surface area contributed by atoms with Gasteiger partial charge >= 0.3 is 0 Å². The lowest BCUT2D eigenvalue weighted by Crippen LogP contribution is -2.05. The highest BCUT2D eigenvalue weighted by atomic mass is 32.1. The molecule has 0 aliphatic heterocycles. The van der Waals surface area contributed by atoms with Gasteiger partial charge in [0.2, 0.25) is 5.89 Å². The maximum atomic E-state index is 9.10. The molecule has 0 bridgehead atoms. The van der Waals surface area contributed by atoms with Crippen LogP contribution in [0.15, 0.2) is 52.5 Å². The van der Waals surface area contributed by atoms with Gasteiger partial charge in [0.15, 0.2) is 5.82 Å². The highest BCUT2D eigenvalue weighted by molar-refractivity contribution is 7.13. The van der Waals surface area contributed by atoms with Crippen molar-refractivity contribution < 1.29 is 4.42 Å². The molecule has 0 spiro atoms. The average Bonchev–Trinajstić information content (AvgIpc) is 3.37. The Morgan fingerprint density at radius 3 is 2.96 bits per heavy atom. The highest BCUT2D eigenvalue weighted by Crippen LogP contribution is 2.25. The van der Waals surface area contributed by atoms with Crippen LogP contribution in [0.5, 0.6) is 0 Å². The molecule has 4 aromatic rings. The van der Waals surface area contributed by atoms with Gasteiger partial charge in [-0.15, -0.1) is 21.5 Å². The molecule has 1 aromatic carbocycles. The van der Waals surface area contributed by atoms with Gasteiger partial charge in [-0.3, -0.25) is 0 Å². The smallest absolute Gasteiger partial charge is 0.236 e. The van der Waals surface area contributed by atoms with Crippen molar-refractivity contribution in [3.05, 3.63) is 65.1 Å². The van der Waals surface area contributed by atoms with Crippen LogP contribution in [0.4, 0.5) is 0 Å². The molecule has 0 N–H and O–H groups in total. The number of oxazole rings is 1. The lowest BCUT2D eigenvalue weighted by Gasteiger charge is -2.06. The van der Waals surface area contributed by atoms with E-state index in [1.165, 1.54) is 0 Å². The van der Waals surface area contributed by atoms with Gasteiger partial charge in [-0.1, -0.05) is 18.2 Å². The largest absolute Gasteiger partial charge is 0.443 e. The number of hydrogen-bond acceptors (Lipinski definition) is 6. The Hall–Kier alpha value is -3.24. The highest BCUT2D eigenvalue weighted by Gasteiger charge is 2.15. The molecular weight excluding hydrogens is 334 g/mol. The molecule has 0 atom stereocenters. The SMILES string of the molecule is Cc1nnc(-c2cccc(C#N)c2)n1Cc1coc(-c2cccs2)n1. The van der Waals surface area contributed by atoms with E-state index < -0.39 is 0 Å². The maximum Gasteiger partial charge on any atom is 0.236 e. The predicted molar refractivity (Wildman–Crippen MR) is 93.8 cm³/mol. The second-order valence-electron chi connectivity index (χ2n) is 5.47. The number of aryl methyl sites for hydroxylation is 1. The van der Waals surface area contributed by atoms with Crippen LogP contribution in [0.3, 0.4) is 0 Å². The molecule has 3 heterocycles. The molecule has 0 saturated carbocycles. The number of aromatic nitrogens is 4. The summed E-state index contributed by atoms with van der Waals surface area (Å²) >= 11 is 1.59. The average molecular weight is 347 g/mol. The Morgan fingerprint density at radius 1 is 1.24 bits per heavy atom. The molecule has 0 unspecified atom stereocenters. The molecule has 0 fully saturated rings. The van der Waals surface area contributed by atoms with E-state index >= 15 is 0 Å². The zero-order valence-electron chi connectivity index (χ0n) is 13.4. The van der Waals surface area contributed by atoms with E-state index in [0.717, 1.165) is 22.0 Å². The van der Waals surface area contributed by atoms with Crippen molar-refractivity contribution in [1.82, 2.24) is 19.7 Å². The summed E-state index contributed by atoms with van der Waals surface area (Å²) in [6, 6.07) is 13.4. The normalized spacial score (nSPS) is 10.7. The van der Waals surface area contributed by atoms with Crippen LogP contribution in [-0.2, 0) is 6.54 Å². The first-order valence-electron chi connectivity index (χ1n) is 7.63. The molecule has 6 nitrogen and oxygen atoms in total. The molecule has 0 aliphatic carbocycles. The minimum absolute atomic E-state index is 0.500. The van der Waals surface area contributed by atoms with Crippen LogP contribution < -0.4 is 0 Å². The third-order valence-electron chi connectivity index (χ3n) is 3.79. The van der Waals surface area contributed by atoms with Gasteiger partial charge in [0.05, 0.1) is 28.7 Å². The van der Waals surface area contributed by atoms with Crippen LogP contribution in [0.2, 0.25) is 0 Å². The number of nitriles is 1. The van der Waals surface area contributed by atoms with E-state index in [1.54, 1.807) is 29.7 Å². The lowest BCUT2D eigenvalue weighted by molar-refractivity contribution is 0.572. The van der Waals surface area contributed by atoms with Gasteiger partial charge < -0.3 is 8.98 Å². The van der Waals surface area contributed by atoms with E-state index in [9.17, 15) is 0 Å². The lowest BCUT2D eigenvalue weighted by atomic mass is 10.1. The molecule has 122 valence electrons. The summed E-state index contributed by atoms with van der Waals surface area (Å²) in [7, 11) is 0. The summed E-state index contributed by atoms with van der Waals surface area (Å²) in [5, 5.41) is 19.5. The number of benzene rings is 1. The monoisotopic (exact) mass is 347 g/mol. The Bertz CT molecular complexity index is 1060. The van der Waals surface area contributed by atoms with Gasteiger partial charge in [-0.25, -0.2) is 4.98 Å². The fourth-order valence-electron chi connectivity index (χ4n) is 2.57. The molecule has 3 aromatic heterocycles. The first kappa shape index (κ1) is 15.3. The summed E-state index contributed by atoms with van der Waals surface area (Å²) in [5.41, 5.74) is 2.23. The number of nitrogens with zero attached hydrogens (tertiary/aromatic N) is 5. The van der Waals surface area contributed by atoms with Crippen molar-refractivity contribution in [1.29, 1.82) is 5.26 Å². The standard InChI is InChI=1S/C18H13N5OS/c1-12-21-22-17(14-5-2-4-13(8-14)9-19)23(12)10-15-11-24-18(20-15)16-6-3-7-25-16/h2-8,11H,10H2,1H3. The minimum atomic E-state index is 0.500. The Morgan fingerprint density at radius 2 is 2.16 bits per heavy atom. The number of rotatable bonds is 4. The molecule has 4 rings (SSSR count). The van der Waals surface area contributed by atoms with Crippen molar-refractivity contribution >= 4 is 11.3 Å². The first-order chi connectivity index (χ1) is 12.2. The van der Waals surface area contributed by atoms with Crippen LogP contribution in [0.1, 0.15) is 17.1 Å². The fourth-order valence-corrected chi connectivity index (χ4v) is 3.22. The van der Waals surface area contributed by atoms with Gasteiger partial charge in [-0.2, -0.15) is 5.26 Å². The summed E-state index contributed by atoms with van der Waals surface area (Å²) in [6.07, 6.45) is 1.66. The Balaban J connectivity index is 1.68. The topological polar surface area (TPSA) is 80.5 Å². The van der Waals surface area contributed by atoms with Crippen LogP contribution in [0.25, 0.3) is 22.2 Å². The molecule has 0 saturated heterocycles. The van der Waals surface area contributed by atoms with E-state index in [2.05, 4.69) is 21.3 Å². The second-order valence-corrected chi connectivity index (χ2v) is 6.42. The summed E-state index contributed by atoms with van der Waals surface area (Å²) < 4.78 is 7.55. The van der Waals surface area contributed by atoms with Crippen molar-refractivity contribution in [3.63, 3.8) is 0 Å². The quantitative estimate of drug-likeness (QED) is 0.559. The predicted octanol–water partition coefficient (Wildman–Crippen LogP) is 3.89.